The van der Waals surface area contributed by atoms with Gasteiger partial charge in [0.25, 0.3) is 5.91 Å². The Balaban J connectivity index is 1.90. The average molecular weight is 279 g/mol. The third-order valence-corrected chi connectivity index (χ3v) is 2.83. The Kier molecular flexibility index (Phi) is 4.47. The number of hydrogen-bond acceptors (Lipinski definition) is 2. The minimum atomic E-state index is -0.260. The van der Waals surface area contributed by atoms with Crippen LogP contribution < -0.4 is 5.32 Å². The fourth-order valence-corrected chi connectivity index (χ4v) is 1.83. The average Bonchev–Trinajstić information content (AvgIpc) is 2.41. The summed E-state index contributed by atoms with van der Waals surface area (Å²) in [6.07, 6.45) is 1.91. The topological polar surface area (TPSA) is 42.0 Å². The molecule has 98 valence electrons. The van der Waals surface area contributed by atoms with Crippen LogP contribution in [-0.4, -0.2) is 17.4 Å². The molecule has 19 heavy (non-hydrogen) atoms. The molecular weight excluding hydrogens is 267 g/mol. The van der Waals surface area contributed by atoms with Crippen LogP contribution in [0.3, 0.4) is 0 Å². The summed E-state index contributed by atoms with van der Waals surface area (Å²) in [4.78, 5) is 15.6. The van der Waals surface area contributed by atoms with Gasteiger partial charge in [-0.05, 0) is 30.2 Å². The minimum Gasteiger partial charge on any atom is -0.352 e. The second-order valence-electron chi connectivity index (χ2n) is 3.96. The van der Waals surface area contributed by atoms with Gasteiger partial charge in [0.15, 0.2) is 0 Å². The van der Waals surface area contributed by atoms with Crippen LogP contribution in [0, 0.1) is 5.82 Å². The number of rotatable bonds is 4. The van der Waals surface area contributed by atoms with Crippen molar-refractivity contribution in [2.75, 3.05) is 6.54 Å². The zero-order valence-corrected chi connectivity index (χ0v) is 10.8. The first-order chi connectivity index (χ1) is 9.16. The van der Waals surface area contributed by atoms with Gasteiger partial charge in [0, 0.05) is 18.3 Å². The summed E-state index contributed by atoms with van der Waals surface area (Å²) in [6, 6.07) is 9.56. The van der Waals surface area contributed by atoms with E-state index in [-0.39, 0.29) is 16.9 Å². The van der Waals surface area contributed by atoms with Crippen molar-refractivity contribution in [3.8, 4) is 0 Å². The highest BCUT2D eigenvalue weighted by Gasteiger charge is 2.06. The van der Waals surface area contributed by atoms with Crippen LogP contribution in [0.2, 0.25) is 5.15 Å². The quantitative estimate of drug-likeness (QED) is 0.874. The molecule has 0 aliphatic heterocycles. The number of amides is 1. The minimum absolute atomic E-state index is 0.249. The zero-order valence-electron chi connectivity index (χ0n) is 10.1. The van der Waals surface area contributed by atoms with E-state index < -0.39 is 0 Å². The monoisotopic (exact) mass is 278 g/mol. The van der Waals surface area contributed by atoms with E-state index in [1.54, 1.807) is 24.3 Å². The molecule has 1 aromatic carbocycles. The highest BCUT2D eigenvalue weighted by molar-refractivity contribution is 6.29. The molecule has 3 nitrogen and oxygen atoms in total. The standard InChI is InChI=1S/C14H12ClFN2O/c15-13-9-11(6-7-17-13)14(19)18-8-5-10-3-1-2-4-12(10)16/h1-4,6-7,9H,5,8H2,(H,18,19). The molecule has 1 N–H and O–H groups in total. The SMILES string of the molecule is O=C(NCCc1ccccc1F)c1ccnc(Cl)c1. The maximum atomic E-state index is 13.4. The molecule has 0 saturated carbocycles. The summed E-state index contributed by atoms with van der Waals surface area (Å²) in [5.41, 5.74) is 1.02. The summed E-state index contributed by atoms with van der Waals surface area (Å²) in [7, 11) is 0. The summed E-state index contributed by atoms with van der Waals surface area (Å²) in [5, 5.41) is 2.98. The zero-order chi connectivity index (χ0) is 13.7. The molecule has 0 fully saturated rings. The molecule has 2 aromatic rings. The summed E-state index contributed by atoms with van der Waals surface area (Å²) in [5.74, 6) is -0.510. The molecule has 0 radical (unpaired) electrons. The number of halogens is 2. The van der Waals surface area contributed by atoms with E-state index in [1.807, 2.05) is 0 Å². The van der Waals surface area contributed by atoms with E-state index in [1.165, 1.54) is 18.3 Å². The maximum absolute atomic E-state index is 13.4. The number of benzene rings is 1. The molecule has 0 spiro atoms. The van der Waals surface area contributed by atoms with Crippen molar-refractivity contribution in [1.82, 2.24) is 10.3 Å². The number of aromatic nitrogens is 1. The van der Waals surface area contributed by atoms with Crippen LogP contribution in [0.15, 0.2) is 42.6 Å². The van der Waals surface area contributed by atoms with Gasteiger partial charge in [-0.25, -0.2) is 9.37 Å². The molecule has 0 unspecified atom stereocenters. The molecule has 0 aliphatic carbocycles. The predicted molar refractivity (Wildman–Crippen MR) is 71.7 cm³/mol. The van der Waals surface area contributed by atoms with E-state index in [2.05, 4.69) is 10.3 Å². The largest absolute Gasteiger partial charge is 0.352 e. The normalized spacial score (nSPS) is 10.2. The van der Waals surface area contributed by atoms with Gasteiger partial charge in [0.1, 0.15) is 11.0 Å². The van der Waals surface area contributed by atoms with Crippen LogP contribution in [0.5, 0.6) is 0 Å². The predicted octanol–water partition coefficient (Wildman–Crippen LogP) is 2.85. The van der Waals surface area contributed by atoms with Gasteiger partial charge in [-0.15, -0.1) is 0 Å². The van der Waals surface area contributed by atoms with Crippen molar-refractivity contribution >= 4 is 17.5 Å². The van der Waals surface area contributed by atoms with E-state index in [0.29, 0.717) is 24.1 Å². The van der Waals surface area contributed by atoms with Gasteiger partial charge in [-0.2, -0.15) is 0 Å². The van der Waals surface area contributed by atoms with Gasteiger partial charge in [-0.1, -0.05) is 29.8 Å². The Morgan fingerprint density at radius 2 is 2.11 bits per heavy atom. The van der Waals surface area contributed by atoms with Gasteiger partial charge < -0.3 is 5.32 Å². The van der Waals surface area contributed by atoms with Crippen LogP contribution in [-0.2, 0) is 6.42 Å². The lowest BCUT2D eigenvalue weighted by Crippen LogP contribution is -2.25. The fraction of sp³-hybridized carbons (Fsp3) is 0.143. The van der Waals surface area contributed by atoms with Gasteiger partial charge in [0.2, 0.25) is 0 Å². The van der Waals surface area contributed by atoms with E-state index in [4.69, 9.17) is 11.6 Å². The molecule has 1 aromatic heterocycles. The van der Waals surface area contributed by atoms with E-state index >= 15 is 0 Å². The van der Waals surface area contributed by atoms with Gasteiger partial charge in [-0.3, -0.25) is 4.79 Å². The third-order valence-electron chi connectivity index (χ3n) is 2.63. The number of nitrogens with one attached hydrogen (secondary N) is 1. The molecule has 2 rings (SSSR count). The van der Waals surface area contributed by atoms with Crippen LogP contribution in [0.25, 0.3) is 0 Å². The van der Waals surface area contributed by atoms with Crippen LogP contribution in [0.1, 0.15) is 15.9 Å². The molecular formula is C14H12ClFN2O. The molecule has 0 saturated heterocycles. The van der Waals surface area contributed by atoms with Gasteiger partial charge in [0.05, 0.1) is 0 Å². The van der Waals surface area contributed by atoms with Crippen molar-refractivity contribution in [2.45, 2.75) is 6.42 Å². The molecule has 0 bridgehead atoms. The first-order valence-electron chi connectivity index (χ1n) is 5.80. The number of nitrogens with zero attached hydrogens (tertiary/aromatic N) is 1. The Morgan fingerprint density at radius 1 is 1.32 bits per heavy atom. The van der Waals surface area contributed by atoms with Crippen LogP contribution >= 0.6 is 11.6 Å². The van der Waals surface area contributed by atoms with E-state index in [0.717, 1.165) is 0 Å². The first-order valence-corrected chi connectivity index (χ1v) is 6.18. The molecule has 0 aliphatic rings. The lowest BCUT2D eigenvalue weighted by molar-refractivity contribution is 0.0954. The number of carbonyl (C=O) groups excluding carboxylic acids is 1. The Bertz CT molecular complexity index is 589. The smallest absolute Gasteiger partial charge is 0.251 e. The summed E-state index contributed by atoms with van der Waals surface area (Å²) >= 11 is 5.70. The molecule has 1 amide bonds. The van der Waals surface area contributed by atoms with Crippen molar-refractivity contribution in [3.05, 3.63) is 64.7 Å². The van der Waals surface area contributed by atoms with Crippen molar-refractivity contribution < 1.29 is 9.18 Å². The maximum Gasteiger partial charge on any atom is 0.251 e. The highest BCUT2D eigenvalue weighted by Crippen LogP contribution is 2.08. The first kappa shape index (κ1) is 13.5. The van der Waals surface area contributed by atoms with Crippen molar-refractivity contribution in [3.63, 3.8) is 0 Å². The number of carbonyl (C=O) groups is 1. The van der Waals surface area contributed by atoms with Gasteiger partial charge >= 0.3 is 0 Å². The second kappa shape index (κ2) is 6.29. The molecule has 1 heterocycles. The Morgan fingerprint density at radius 3 is 2.84 bits per heavy atom. The summed E-state index contributed by atoms with van der Waals surface area (Å²) in [6.45, 7) is 0.361. The Hall–Kier alpha value is -1.94. The van der Waals surface area contributed by atoms with Crippen molar-refractivity contribution in [2.24, 2.45) is 0 Å². The third kappa shape index (κ3) is 3.76. The Labute approximate surface area is 115 Å². The lowest BCUT2D eigenvalue weighted by atomic mass is 10.1. The summed E-state index contributed by atoms with van der Waals surface area (Å²) < 4.78 is 13.4. The molecule has 0 atom stereocenters. The van der Waals surface area contributed by atoms with E-state index in [9.17, 15) is 9.18 Å². The fourth-order valence-electron chi connectivity index (χ4n) is 1.66. The number of pyridine rings is 1. The number of hydrogen-bond donors (Lipinski definition) is 1. The lowest BCUT2D eigenvalue weighted by Gasteiger charge is -2.06. The van der Waals surface area contributed by atoms with Crippen molar-refractivity contribution in [1.29, 1.82) is 0 Å². The van der Waals surface area contributed by atoms with Crippen LogP contribution in [0.4, 0.5) is 4.39 Å². The highest BCUT2D eigenvalue weighted by atomic mass is 35.5. The second-order valence-corrected chi connectivity index (χ2v) is 4.35. The molecule has 5 heteroatoms.